The molecule has 0 unspecified atom stereocenters. The van der Waals surface area contributed by atoms with Gasteiger partial charge in [0.15, 0.2) is 0 Å². The molecule has 2 N–H and O–H groups in total. The quantitative estimate of drug-likeness (QED) is 0.247. The molecule has 37 heavy (non-hydrogen) atoms. The van der Waals surface area contributed by atoms with Gasteiger partial charge in [-0.1, -0.05) is 18.2 Å². The first-order valence-electron chi connectivity index (χ1n) is 11.2. The van der Waals surface area contributed by atoms with E-state index in [1.165, 1.54) is 23.5 Å². The van der Waals surface area contributed by atoms with Crippen molar-refractivity contribution in [2.75, 3.05) is 10.0 Å². The van der Waals surface area contributed by atoms with Crippen molar-refractivity contribution in [3.05, 3.63) is 94.9 Å². The van der Waals surface area contributed by atoms with Gasteiger partial charge in [-0.15, -0.1) is 11.3 Å². The van der Waals surface area contributed by atoms with Gasteiger partial charge in [0.05, 0.1) is 22.0 Å². The Morgan fingerprint density at radius 3 is 2.27 bits per heavy atom. The molecule has 0 aliphatic rings. The van der Waals surface area contributed by atoms with Crippen LogP contribution in [-0.2, 0) is 10.0 Å². The third-order valence-electron chi connectivity index (χ3n) is 5.51. The molecule has 10 heteroatoms. The molecule has 0 amide bonds. The van der Waals surface area contributed by atoms with Gasteiger partial charge in [-0.3, -0.25) is 4.72 Å². The van der Waals surface area contributed by atoms with Crippen LogP contribution >= 0.6 is 11.3 Å². The Morgan fingerprint density at radius 1 is 0.919 bits per heavy atom. The number of rotatable bonds is 7. The van der Waals surface area contributed by atoms with Crippen LogP contribution < -0.4 is 14.8 Å². The second kappa shape index (κ2) is 9.89. The summed E-state index contributed by atoms with van der Waals surface area (Å²) in [5.74, 6) is 1.39. The zero-order valence-electron chi connectivity index (χ0n) is 19.9. The number of sulfonamides is 1. The predicted octanol–water partition coefficient (Wildman–Crippen LogP) is 6.52. The summed E-state index contributed by atoms with van der Waals surface area (Å²) in [7, 11) is -3.68. The van der Waals surface area contributed by atoms with Gasteiger partial charge in [0, 0.05) is 11.4 Å². The molecule has 184 valence electrons. The monoisotopic (exact) mass is 527 g/mol. The Labute approximate surface area is 218 Å². The van der Waals surface area contributed by atoms with Crippen LogP contribution in [0.4, 0.5) is 17.3 Å². The molecule has 8 nitrogen and oxygen atoms in total. The molecule has 2 heterocycles. The molecule has 0 saturated carbocycles. The molecule has 0 atom stereocenters. The number of aromatic nitrogens is 2. The zero-order chi connectivity index (χ0) is 26.0. The number of nitrogens with zero attached hydrogens (tertiary/aromatic N) is 3. The van der Waals surface area contributed by atoms with Crippen LogP contribution in [0.1, 0.15) is 16.7 Å². The maximum atomic E-state index is 12.6. The minimum absolute atomic E-state index is 0.190. The number of hydrogen-bond donors (Lipinski definition) is 2. The SMILES string of the molecule is Cc1cc(C#N)cc(C)c1Oc1nc(Nc2ccc(NS(=O)(=O)c3ccccc3)cc2)nc2ccsc12. The number of hydrogen-bond acceptors (Lipinski definition) is 8. The van der Waals surface area contributed by atoms with E-state index in [1.807, 2.05) is 25.3 Å². The number of nitriles is 1. The maximum absolute atomic E-state index is 12.6. The van der Waals surface area contributed by atoms with Crippen molar-refractivity contribution in [3.63, 3.8) is 0 Å². The number of aryl methyl sites for hydroxylation is 2. The van der Waals surface area contributed by atoms with Gasteiger partial charge in [0.2, 0.25) is 11.8 Å². The Balaban J connectivity index is 1.39. The van der Waals surface area contributed by atoms with E-state index in [0.717, 1.165) is 21.3 Å². The molecule has 0 radical (unpaired) electrons. The Morgan fingerprint density at radius 2 is 1.59 bits per heavy atom. The molecule has 2 aromatic heterocycles. The first kappa shape index (κ1) is 24.2. The van der Waals surface area contributed by atoms with Gasteiger partial charge in [-0.25, -0.2) is 13.4 Å². The lowest BCUT2D eigenvalue weighted by molar-refractivity contribution is 0.463. The molecule has 0 aliphatic heterocycles. The largest absolute Gasteiger partial charge is 0.437 e. The Kier molecular flexibility index (Phi) is 6.48. The summed E-state index contributed by atoms with van der Waals surface area (Å²) in [6.07, 6.45) is 0. The number of fused-ring (bicyclic) bond motifs is 1. The lowest BCUT2D eigenvalue weighted by atomic mass is 10.1. The van der Waals surface area contributed by atoms with Crippen molar-refractivity contribution in [1.82, 2.24) is 9.97 Å². The van der Waals surface area contributed by atoms with Crippen molar-refractivity contribution in [2.24, 2.45) is 0 Å². The Hall–Kier alpha value is -4.46. The van der Waals surface area contributed by atoms with Gasteiger partial charge in [0.25, 0.3) is 10.0 Å². The van der Waals surface area contributed by atoms with Crippen LogP contribution in [0.2, 0.25) is 0 Å². The summed E-state index contributed by atoms with van der Waals surface area (Å²) < 4.78 is 34.8. The van der Waals surface area contributed by atoms with Crippen molar-refractivity contribution < 1.29 is 13.2 Å². The summed E-state index contributed by atoms with van der Waals surface area (Å²) in [4.78, 5) is 9.37. The van der Waals surface area contributed by atoms with E-state index in [4.69, 9.17) is 4.74 Å². The molecule has 0 fully saturated rings. The maximum Gasteiger partial charge on any atom is 0.261 e. The van der Waals surface area contributed by atoms with Crippen LogP contribution in [0, 0.1) is 25.2 Å². The second-order valence-electron chi connectivity index (χ2n) is 8.26. The van der Waals surface area contributed by atoms with Crippen molar-refractivity contribution in [2.45, 2.75) is 18.7 Å². The fourth-order valence-corrected chi connectivity index (χ4v) is 5.63. The Bertz CT molecular complexity index is 1720. The van der Waals surface area contributed by atoms with Gasteiger partial charge in [0.1, 0.15) is 10.4 Å². The van der Waals surface area contributed by atoms with E-state index < -0.39 is 10.0 Å². The molecule has 5 rings (SSSR count). The van der Waals surface area contributed by atoms with E-state index in [-0.39, 0.29) is 4.90 Å². The van der Waals surface area contributed by atoms with Gasteiger partial charge in [-0.05, 0) is 85.0 Å². The predicted molar refractivity (Wildman–Crippen MR) is 145 cm³/mol. The second-order valence-corrected chi connectivity index (χ2v) is 10.9. The van der Waals surface area contributed by atoms with E-state index in [9.17, 15) is 13.7 Å². The third-order valence-corrected chi connectivity index (χ3v) is 7.80. The average Bonchev–Trinajstić information content (AvgIpc) is 3.36. The highest BCUT2D eigenvalue weighted by Crippen LogP contribution is 2.36. The van der Waals surface area contributed by atoms with Crippen LogP contribution in [0.15, 0.2) is 83.1 Å². The minimum atomic E-state index is -3.68. The first-order valence-corrected chi connectivity index (χ1v) is 13.6. The summed E-state index contributed by atoms with van der Waals surface area (Å²) >= 11 is 1.48. The van der Waals surface area contributed by atoms with Crippen LogP contribution in [0.3, 0.4) is 0 Å². The highest BCUT2D eigenvalue weighted by molar-refractivity contribution is 7.92. The molecule has 3 aromatic carbocycles. The normalized spacial score (nSPS) is 11.2. The number of nitrogens with one attached hydrogen (secondary N) is 2. The molecule has 0 bridgehead atoms. The molecule has 0 aliphatic carbocycles. The van der Waals surface area contributed by atoms with E-state index in [1.54, 1.807) is 54.6 Å². The first-order chi connectivity index (χ1) is 17.8. The number of benzene rings is 3. The van der Waals surface area contributed by atoms with Gasteiger partial charge >= 0.3 is 0 Å². The van der Waals surface area contributed by atoms with Crippen LogP contribution in [0.5, 0.6) is 11.6 Å². The molecular formula is C27H21N5O3S2. The summed E-state index contributed by atoms with van der Waals surface area (Å²) in [5.41, 5.74) is 4.08. The molecule has 0 saturated heterocycles. The number of anilines is 3. The topological polar surface area (TPSA) is 117 Å². The van der Waals surface area contributed by atoms with Crippen LogP contribution in [-0.4, -0.2) is 18.4 Å². The lowest BCUT2D eigenvalue weighted by Crippen LogP contribution is -2.12. The zero-order valence-corrected chi connectivity index (χ0v) is 21.5. The smallest absolute Gasteiger partial charge is 0.261 e. The van der Waals surface area contributed by atoms with E-state index in [2.05, 4.69) is 26.1 Å². The van der Waals surface area contributed by atoms with E-state index >= 15 is 0 Å². The molecule has 0 spiro atoms. The summed E-state index contributed by atoms with van der Waals surface area (Å²) in [6, 6.07) is 22.6. The van der Waals surface area contributed by atoms with E-state index in [0.29, 0.717) is 34.5 Å². The fraction of sp³-hybridized carbons (Fsp3) is 0.0741. The summed E-state index contributed by atoms with van der Waals surface area (Å²) in [5, 5.41) is 14.3. The number of ether oxygens (including phenoxy) is 1. The fourth-order valence-electron chi connectivity index (χ4n) is 3.80. The number of thiophene rings is 1. The average molecular weight is 528 g/mol. The van der Waals surface area contributed by atoms with Gasteiger partial charge in [-0.2, -0.15) is 10.2 Å². The highest BCUT2D eigenvalue weighted by Gasteiger charge is 2.16. The highest BCUT2D eigenvalue weighted by atomic mass is 32.2. The molecular weight excluding hydrogens is 506 g/mol. The van der Waals surface area contributed by atoms with Gasteiger partial charge < -0.3 is 10.1 Å². The van der Waals surface area contributed by atoms with Crippen molar-refractivity contribution in [1.29, 1.82) is 5.26 Å². The minimum Gasteiger partial charge on any atom is -0.437 e. The third kappa shape index (κ3) is 5.23. The molecule has 5 aromatic rings. The standard InChI is InChI=1S/C27H21N5O3S2/c1-17-14-19(16-28)15-18(2)24(17)35-26-25-23(12-13-36-25)30-27(31-26)29-20-8-10-21(11-9-20)32-37(33,34)22-6-4-3-5-7-22/h3-15,32H,1-2H3,(H,29,30,31). The van der Waals surface area contributed by atoms with Crippen molar-refractivity contribution in [3.8, 4) is 17.7 Å². The van der Waals surface area contributed by atoms with Crippen LogP contribution in [0.25, 0.3) is 10.2 Å². The van der Waals surface area contributed by atoms with Crippen molar-refractivity contribution >= 4 is 48.9 Å². The summed E-state index contributed by atoms with van der Waals surface area (Å²) in [6.45, 7) is 3.78. The lowest BCUT2D eigenvalue weighted by Gasteiger charge is -2.13.